The van der Waals surface area contributed by atoms with Crippen molar-refractivity contribution >= 4 is 68.0 Å². The SMILES string of the molecule is C=S(=O)(NC(=O)CN1CCNCC1)c1ccc(C(=O)Nc2ccc(Cl)cc2C(=O)Nc2ccc(Cl)cn2)cc1. The lowest BCUT2D eigenvalue weighted by Crippen LogP contribution is -2.48. The van der Waals surface area contributed by atoms with Gasteiger partial charge in [-0.05, 0) is 60.5 Å². The Kier molecular flexibility index (Phi) is 9.20. The summed E-state index contributed by atoms with van der Waals surface area (Å²) in [6, 6.07) is 13.5. The molecule has 39 heavy (non-hydrogen) atoms. The zero-order valence-corrected chi connectivity index (χ0v) is 23.0. The van der Waals surface area contributed by atoms with Gasteiger partial charge in [0.1, 0.15) is 5.82 Å². The van der Waals surface area contributed by atoms with E-state index >= 15 is 0 Å². The van der Waals surface area contributed by atoms with Gasteiger partial charge in [-0.2, -0.15) is 0 Å². The van der Waals surface area contributed by atoms with Crippen molar-refractivity contribution in [2.75, 3.05) is 43.4 Å². The van der Waals surface area contributed by atoms with Crippen LogP contribution in [0.4, 0.5) is 11.5 Å². The molecule has 3 amide bonds. The molecule has 204 valence electrons. The van der Waals surface area contributed by atoms with E-state index in [0.29, 0.717) is 10.0 Å². The molecule has 0 saturated carbocycles. The van der Waals surface area contributed by atoms with Gasteiger partial charge in [-0.1, -0.05) is 23.2 Å². The number of hydrogen-bond acceptors (Lipinski definition) is 7. The van der Waals surface area contributed by atoms with Gasteiger partial charge in [0, 0.05) is 47.9 Å². The van der Waals surface area contributed by atoms with Crippen molar-refractivity contribution in [3.05, 3.63) is 82.0 Å². The Bertz CT molecular complexity index is 1480. The molecule has 1 aromatic heterocycles. The number of aromatic nitrogens is 1. The van der Waals surface area contributed by atoms with Crippen molar-refractivity contribution in [2.24, 2.45) is 0 Å². The molecule has 2 aromatic carbocycles. The zero-order chi connectivity index (χ0) is 28.0. The fourth-order valence-electron chi connectivity index (χ4n) is 3.81. The molecule has 4 rings (SSSR count). The fraction of sp³-hybridized carbons (Fsp3) is 0.192. The molecule has 0 aliphatic carbocycles. The second kappa shape index (κ2) is 12.6. The van der Waals surface area contributed by atoms with Crippen LogP contribution in [0.25, 0.3) is 0 Å². The highest BCUT2D eigenvalue weighted by Crippen LogP contribution is 2.23. The molecule has 10 nitrogen and oxygen atoms in total. The zero-order valence-electron chi connectivity index (χ0n) is 20.7. The van der Waals surface area contributed by atoms with Gasteiger partial charge in [-0.15, -0.1) is 0 Å². The largest absolute Gasteiger partial charge is 0.321 e. The summed E-state index contributed by atoms with van der Waals surface area (Å²) in [6.07, 6.45) is 1.39. The Labute approximate surface area is 236 Å². The summed E-state index contributed by atoms with van der Waals surface area (Å²) in [5.74, 6) is 2.52. The predicted octanol–water partition coefficient (Wildman–Crippen LogP) is 2.90. The third kappa shape index (κ3) is 7.78. The number of piperazine rings is 1. The average molecular weight is 590 g/mol. The predicted molar refractivity (Wildman–Crippen MR) is 154 cm³/mol. The first-order valence-corrected chi connectivity index (χ1v) is 14.3. The van der Waals surface area contributed by atoms with Crippen LogP contribution in [0.1, 0.15) is 20.7 Å². The van der Waals surface area contributed by atoms with Crippen LogP contribution in [-0.2, 0) is 14.5 Å². The van der Waals surface area contributed by atoms with Gasteiger partial charge in [0.15, 0.2) is 0 Å². The number of rotatable bonds is 8. The number of anilines is 2. The lowest BCUT2D eigenvalue weighted by atomic mass is 10.1. The molecular formula is C26H26Cl2N6O4S. The number of pyridine rings is 1. The quantitative estimate of drug-likeness (QED) is 0.297. The summed E-state index contributed by atoms with van der Waals surface area (Å²) in [5.41, 5.74) is 0.583. The molecule has 1 fully saturated rings. The van der Waals surface area contributed by atoms with E-state index in [2.05, 4.69) is 31.5 Å². The Balaban J connectivity index is 1.42. The van der Waals surface area contributed by atoms with Crippen molar-refractivity contribution in [3.63, 3.8) is 0 Å². The van der Waals surface area contributed by atoms with Crippen molar-refractivity contribution in [2.45, 2.75) is 4.90 Å². The molecule has 1 aliphatic rings. The van der Waals surface area contributed by atoms with Crippen LogP contribution in [-0.4, -0.2) is 70.4 Å². The van der Waals surface area contributed by atoms with Crippen LogP contribution in [0.5, 0.6) is 0 Å². The summed E-state index contributed by atoms with van der Waals surface area (Å²) in [4.78, 5) is 44.5. The number of hydrogen-bond donors (Lipinski definition) is 4. The van der Waals surface area contributed by atoms with Crippen LogP contribution in [0.2, 0.25) is 10.0 Å². The van der Waals surface area contributed by atoms with E-state index in [0.717, 1.165) is 26.2 Å². The smallest absolute Gasteiger partial charge is 0.258 e. The minimum atomic E-state index is -3.12. The normalized spacial score (nSPS) is 15.1. The van der Waals surface area contributed by atoms with Crippen molar-refractivity contribution in [1.29, 1.82) is 0 Å². The molecule has 13 heteroatoms. The molecule has 2 heterocycles. The molecule has 0 spiro atoms. The van der Waals surface area contributed by atoms with E-state index in [1.165, 1.54) is 42.6 Å². The summed E-state index contributed by atoms with van der Waals surface area (Å²) >= 11 is 11.9. The lowest BCUT2D eigenvalue weighted by molar-refractivity contribution is -0.120. The molecule has 1 saturated heterocycles. The first-order chi connectivity index (χ1) is 18.6. The van der Waals surface area contributed by atoms with Gasteiger partial charge >= 0.3 is 0 Å². The van der Waals surface area contributed by atoms with Crippen LogP contribution in [0.15, 0.2) is 65.7 Å². The Morgan fingerprint density at radius 2 is 1.64 bits per heavy atom. The maximum Gasteiger partial charge on any atom is 0.258 e. The fourth-order valence-corrected chi connectivity index (χ4v) is 5.22. The highest BCUT2D eigenvalue weighted by molar-refractivity contribution is 7.99. The maximum atomic E-state index is 13.1. The van der Waals surface area contributed by atoms with Crippen molar-refractivity contribution < 1.29 is 18.6 Å². The number of carbonyl (C=O) groups excluding carboxylic acids is 3. The highest BCUT2D eigenvalue weighted by atomic mass is 35.5. The van der Waals surface area contributed by atoms with Gasteiger partial charge in [-0.25, -0.2) is 9.19 Å². The molecule has 1 aliphatic heterocycles. The minimum Gasteiger partial charge on any atom is -0.321 e. The first-order valence-electron chi connectivity index (χ1n) is 11.9. The number of amides is 3. The lowest BCUT2D eigenvalue weighted by Gasteiger charge is -2.26. The number of nitrogens with zero attached hydrogens (tertiary/aromatic N) is 2. The van der Waals surface area contributed by atoms with Crippen molar-refractivity contribution in [3.8, 4) is 0 Å². The standard InChI is InChI=1S/C26H26Cl2N6O4S/c1-39(38,33-24(35)16-34-12-10-29-11-13-34)20-6-2-17(3-7-20)25(36)31-22-8-4-18(27)14-21(22)26(37)32-23-9-5-19(28)15-30-23/h2-9,14-15,29H,1,10-13,16H2,(H,31,36)(H,30,32,37)(H,33,35,38). The Hall–Kier alpha value is -3.48. The minimum absolute atomic E-state index is 0.122. The number of carbonyl (C=O) groups is 3. The third-order valence-corrected chi connectivity index (χ3v) is 7.85. The van der Waals surface area contributed by atoms with E-state index < -0.39 is 21.5 Å². The van der Waals surface area contributed by atoms with Crippen molar-refractivity contribution in [1.82, 2.24) is 19.9 Å². The van der Waals surface area contributed by atoms with Crippen LogP contribution in [0, 0.1) is 0 Å². The summed E-state index contributed by atoms with van der Waals surface area (Å²) in [6.45, 7) is 3.16. The first kappa shape index (κ1) is 28.5. The van der Waals surface area contributed by atoms with Crippen LogP contribution in [0.3, 0.4) is 0 Å². The molecule has 4 N–H and O–H groups in total. The maximum absolute atomic E-state index is 13.1. The number of benzene rings is 2. The molecule has 3 aromatic rings. The van der Waals surface area contributed by atoms with E-state index in [-0.39, 0.29) is 40.0 Å². The van der Waals surface area contributed by atoms with Gasteiger partial charge in [0.2, 0.25) is 5.91 Å². The van der Waals surface area contributed by atoms with Crippen LogP contribution >= 0.6 is 23.2 Å². The van der Waals surface area contributed by atoms with E-state index in [1.54, 1.807) is 18.2 Å². The summed E-state index contributed by atoms with van der Waals surface area (Å²) < 4.78 is 15.6. The molecule has 0 bridgehead atoms. The Morgan fingerprint density at radius 3 is 2.31 bits per heavy atom. The summed E-state index contributed by atoms with van der Waals surface area (Å²) in [7, 11) is -3.12. The van der Waals surface area contributed by atoms with Gasteiger partial charge in [0.05, 0.1) is 32.5 Å². The van der Waals surface area contributed by atoms with E-state index in [1.807, 2.05) is 4.90 Å². The number of nitrogens with one attached hydrogen (secondary N) is 4. The third-order valence-electron chi connectivity index (χ3n) is 5.80. The van der Waals surface area contributed by atoms with E-state index in [9.17, 15) is 18.6 Å². The van der Waals surface area contributed by atoms with Crippen LogP contribution < -0.4 is 20.7 Å². The second-order valence-corrected chi connectivity index (χ2v) is 11.6. The molecule has 0 radical (unpaired) electrons. The second-order valence-electron chi connectivity index (χ2n) is 8.71. The topological polar surface area (TPSA) is 133 Å². The van der Waals surface area contributed by atoms with Gasteiger partial charge in [0.25, 0.3) is 11.8 Å². The average Bonchev–Trinajstić information content (AvgIpc) is 2.91. The monoisotopic (exact) mass is 588 g/mol. The molecular weight excluding hydrogens is 563 g/mol. The van der Waals surface area contributed by atoms with Gasteiger partial charge < -0.3 is 16.0 Å². The molecule has 1 atom stereocenters. The molecule has 1 unspecified atom stereocenters. The van der Waals surface area contributed by atoms with E-state index in [4.69, 9.17) is 23.2 Å². The van der Waals surface area contributed by atoms with Gasteiger partial charge in [-0.3, -0.25) is 24.0 Å². The number of halogens is 2. The Morgan fingerprint density at radius 1 is 0.949 bits per heavy atom. The highest BCUT2D eigenvalue weighted by Gasteiger charge is 2.19. The summed E-state index contributed by atoms with van der Waals surface area (Å²) in [5, 5.41) is 9.26.